The number of halogens is 2. The topological polar surface area (TPSA) is 73.4 Å². The van der Waals surface area contributed by atoms with Crippen LogP contribution in [0.15, 0.2) is 35.3 Å². The van der Waals surface area contributed by atoms with Crippen LogP contribution in [-0.4, -0.2) is 34.8 Å². The number of hydrogen-bond donors (Lipinski definition) is 1. The Labute approximate surface area is 128 Å². The van der Waals surface area contributed by atoms with Gasteiger partial charge in [0.2, 0.25) is 0 Å². The number of cyclic esters (lactones) is 1. The van der Waals surface area contributed by atoms with Crippen LogP contribution >= 0.6 is 15.9 Å². The second kappa shape index (κ2) is 5.45. The highest BCUT2D eigenvalue weighted by Gasteiger charge is 2.31. The number of nitrogens with zero attached hydrogens (tertiary/aromatic N) is 3. The summed E-state index contributed by atoms with van der Waals surface area (Å²) >= 11 is 3.21. The fourth-order valence-corrected chi connectivity index (χ4v) is 2.47. The summed E-state index contributed by atoms with van der Waals surface area (Å²) in [6.07, 6.45) is 2.27. The lowest BCUT2D eigenvalue weighted by Crippen LogP contribution is -2.27. The molecular formula is C13H12BrFN4O2. The molecule has 8 heteroatoms. The van der Waals surface area contributed by atoms with Crippen LogP contribution in [0.4, 0.5) is 14.9 Å². The molecule has 2 heterocycles. The van der Waals surface area contributed by atoms with E-state index in [9.17, 15) is 9.18 Å². The molecule has 1 amide bonds. The summed E-state index contributed by atoms with van der Waals surface area (Å²) in [4.78, 5) is 17.1. The summed E-state index contributed by atoms with van der Waals surface area (Å²) in [5.74, 6) is -0.457. The Morgan fingerprint density at radius 3 is 2.90 bits per heavy atom. The first-order valence-electron chi connectivity index (χ1n) is 6.26. The molecule has 1 atom stereocenters. The molecule has 2 aromatic rings. The van der Waals surface area contributed by atoms with Gasteiger partial charge in [-0.15, -0.1) is 0 Å². The van der Waals surface area contributed by atoms with Gasteiger partial charge in [-0.05, 0) is 34.1 Å². The van der Waals surface area contributed by atoms with Gasteiger partial charge in [0.1, 0.15) is 22.9 Å². The summed E-state index contributed by atoms with van der Waals surface area (Å²) in [5.41, 5.74) is 6.26. The highest BCUT2D eigenvalue weighted by atomic mass is 79.9. The van der Waals surface area contributed by atoms with Crippen LogP contribution < -0.4 is 10.6 Å². The van der Waals surface area contributed by atoms with Gasteiger partial charge in [0.05, 0.1) is 17.9 Å². The summed E-state index contributed by atoms with van der Waals surface area (Å²) < 4.78 is 21.5. The van der Waals surface area contributed by atoms with Gasteiger partial charge in [0, 0.05) is 12.7 Å². The number of nitrogens with two attached hydrogens (primary N) is 1. The average Bonchev–Trinajstić information content (AvgIpc) is 3.04. The van der Waals surface area contributed by atoms with Crippen molar-refractivity contribution in [3.05, 3.63) is 41.1 Å². The summed E-state index contributed by atoms with van der Waals surface area (Å²) in [5, 5.41) is 0. The Hall–Kier alpha value is -1.93. The van der Waals surface area contributed by atoms with Crippen molar-refractivity contribution in [2.45, 2.75) is 6.10 Å². The minimum atomic E-state index is -0.511. The predicted molar refractivity (Wildman–Crippen MR) is 77.9 cm³/mol. The molecule has 0 saturated carbocycles. The fraction of sp³-hybridized carbons (Fsp3) is 0.231. The van der Waals surface area contributed by atoms with Crippen LogP contribution in [0, 0.1) is 5.82 Å². The molecule has 0 bridgehead atoms. The average molecular weight is 355 g/mol. The zero-order valence-electron chi connectivity index (χ0n) is 10.9. The van der Waals surface area contributed by atoms with Crippen LogP contribution in [-0.2, 0) is 4.74 Å². The predicted octanol–water partition coefficient (Wildman–Crippen LogP) is 2.06. The fourth-order valence-electron chi connectivity index (χ4n) is 2.16. The summed E-state index contributed by atoms with van der Waals surface area (Å²) in [6, 6.07) is 4.54. The van der Waals surface area contributed by atoms with Crippen LogP contribution in [0.2, 0.25) is 0 Å². The van der Waals surface area contributed by atoms with Crippen LogP contribution in [0.3, 0.4) is 0 Å². The molecule has 110 valence electrons. The number of aromatic nitrogens is 2. The van der Waals surface area contributed by atoms with Gasteiger partial charge in [-0.3, -0.25) is 4.90 Å². The number of imidazole rings is 1. The molecule has 1 aromatic heterocycles. The molecule has 21 heavy (non-hydrogen) atoms. The Kier molecular flexibility index (Phi) is 3.64. The second-order valence-electron chi connectivity index (χ2n) is 4.59. The van der Waals surface area contributed by atoms with Gasteiger partial charge in [-0.1, -0.05) is 0 Å². The van der Waals surface area contributed by atoms with Crippen molar-refractivity contribution in [2.24, 2.45) is 5.73 Å². The molecule has 1 aliphatic heterocycles. The first-order valence-corrected chi connectivity index (χ1v) is 7.05. The number of hydrogen-bond acceptors (Lipinski definition) is 4. The van der Waals surface area contributed by atoms with Crippen LogP contribution in [0.5, 0.6) is 0 Å². The van der Waals surface area contributed by atoms with E-state index >= 15 is 0 Å². The lowest BCUT2D eigenvalue weighted by Gasteiger charge is -2.14. The smallest absolute Gasteiger partial charge is 0.414 e. The molecule has 0 radical (unpaired) electrons. The number of rotatable bonds is 3. The molecule has 0 aliphatic carbocycles. The number of benzene rings is 1. The van der Waals surface area contributed by atoms with Crippen molar-refractivity contribution in [3.8, 4) is 5.69 Å². The van der Waals surface area contributed by atoms with Crippen molar-refractivity contribution >= 4 is 27.7 Å². The molecule has 1 aliphatic rings. The van der Waals surface area contributed by atoms with Gasteiger partial charge in [-0.25, -0.2) is 14.2 Å². The molecule has 0 unspecified atom stereocenters. The van der Waals surface area contributed by atoms with Gasteiger partial charge in [0.25, 0.3) is 0 Å². The van der Waals surface area contributed by atoms with E-state index in [0.717, 1.165) is 0 Å². The summed E-state index contributed by atoms with van der Waals surface area (Å²) in [7, 11) is 0. The van der Waals surface area contributed by atoms with Crippen molar-refractivity contribution in [3.63, 3.8) is 0 Å². The van der Waals surface area contributed by atoms with Gasteiger partial charge >= 0.3 is 6.09 Å². The van der Waals surface area contributed by atoms with E-state index in [2.05, 4.69) is 20.9 Å². The molecule has 6 nitrogen and oxygen atoms in total. The van der Waals surface area contributed by atoms with Crippen molar-refractivity contribution < 1.29 is 13.9 Å². The van der Waals surface area contributed by atoms with E-state index in [-0.39, 0.29) is 12.6 Å². The highest BCUT2D eigenvalue weighted by molar-refractivity contribution is 9.10. The maximum atomic E-state index is 14.2. The maximum Gasteiger partial charge on any atom is 0.414 e. The van der Waals surface area contributed by atoms with E-state index in [0.29, 0.717) is 22.5 Å². The molecule has 3 rings (SSSR count). The standard InChI is InChI=1S/C13H12BrFN4O2/c14-12-6-18(7-17-12)11-2-1-8(3-10(11)15)19-5-9(4-16)21-13(19)20/h1-3,6-7,9H,4-5,16H2/t9-/m0/s1. The van der Waals surface area contributed by atoms with E-state index in [1.807, 2.05) is 0 Å². The largest absolute Gasteiger partial charge is 0.443 e. The third kappa shape index (κ3) is 2.64. The first-order chi connectivity index (χ1) is 10.1. The Bertz CT molecular complexity index is 691. The van der Waals surface area contributed by atoms with E-state index in [4.69, 9.17) is 10.5 Å². The number of amides is 1. The quantitative estimate of drug-likeness (QED) is 0.915. The lowest BCUT2D eigenvalue weighted by atomic mass is 10.2. The maximum absolute atomic E-state index is 14.2. The molecule has 2 N–H and O–H groups in total. The van der Waals surface area contributed by atoms with Crippen molar-refractivity contribution in [2.75, 3.05) is 18.0 Å². The zero-order valence-corrected chi connectivity index (χ0v) is 12.5. The first kappa shape index (κ1) is 14.0. The molecular weight excluding hydrogens is 343 g/mol. The van der Waals surface area contributed by atoms with E-state index < -0.39 is 11.9 Å². The Morgan fingerprint density at radius 1 is 1.52 bits per heavy atom. The van der Waals surface area contributed by atoms with Gasteiger partial charge in [0.15, 0.2) is 0 Å². The number of carbonyl (C=O) groups is 1. The number of anilines is 1. The second-order valence-corrected chi connectivity index (χ2v) is 5.40. The summed E-state index contributed by atoms with van der Waals surface area (Å²) in [6.45, 7) is 0.566. The molecule has 0 spiro atoms. The minimum Gasteiger partial charge on any atom is -0.443 e. The monoisotopic (exact) mass is 354 g/mol. The van der Waals surface area contributed by atoms with Crippen molar-refractivity contribution in [1.82, 2.24) is 9.55 Å². The minimum absolute atomic E-state index is 0.242. The third-order valence-electron chi connectivity index (χ3n) is 3.21. The van der Waals surface area contributed by atoms with Crippen LogP contribution in [0.1, 0.15) is 0 Å². The van der Waals surface area contributed by atoms with Crippen molar-refractivity contribution in [1.29, 1.82) is 0 Å². The normalized spacial score (nSPS) is 18.1. The number of ether oxygens (including phenoxy) is 1. The van der Waals surface area contributed by atoms with E-state index in [1.54, 1.807) is 22.9 Å². The lowest BCUT2D eigenvalue weighted by molar-refractivity contribution is 0.145. The van der Waals surface area contributed by atoms with E-state index in [1.165, 1.54) is 17.3 Å². The SMILES string of the molecule is NC[C@H]1CN(c2ccc(-n3cnc(Br)c3)c(F)c2)C(=O)O1. The van der Waals surface area contributed by atoms with Gasteiger partial charge < -0.3 is 15.0 Å². The third-order valence-corrected chi connectivity index (χ3v) is 3.62. The number of carbonyl (C=O) groups excluding carboxylic acids is 1. The molecule has 1 saturated heterocycles. The Balaban J connectivity index is 1.90. The Morgan fingerprint density at radius 2 is 2.33 bits per heavy atom. The zero-order chi connectivity index (χ0) is 15.0. The molecule has 1 fully saturated rings. The molecule has 1 aromatic carbocycles. The van der Waals surface area contributed by atoms with Gasteiger partial charge in [-0.2, -0.15) is 0 Å². The van der Waals surface area contributed by atoms with Crippen LogP contribution in [0.25, 0.3) is 5.69 Å². The highest BCUT2D eigenvalue weighted by Crippen LogP contribution is 2.25.